The van der Waals surface area contributed by atoms with Crippen LogP contribution in [0.15, 0.2) is 0 Å². The summed E-state index contributed by atoms with van der Waals surface area (Å²) in [5.41, 5.74) is 0. The summed E-state index contributed by atoms with van der Waals surface area (Å²) in [7, 11) is 0. The van der Waals surface area contributed by atoms with Crippen LogP contribution in [-0.2, 0) is 13.1 Å². The van der Waals surface area contributed by atoms with Crippen LogP contribution in [0.25, 0.3) is 0 Å². The predicted octanol–water partition coefficient (Wildman–Crippen LogP) is 0.286. The molecule has 1 N–H and O–H groups in total. The lowest BCUT2D eigenvalue weighted by molar-refractivity contribution is 0.130. The number of tetrazole rings is 1. The van der Waals surface area contributed by atoms with E-state index < -0.39 is 0 Å². The molecule has 0 saturated carbocycles. The molecule has 0 radical (unpaired) electrons. The lowest BCUT2D eigenvalue weighted by Crippen LogP contribution is -2.35. The number of aromatic nitrogens is 4. The van der Waals surface area contributed by atoms with E-state index in [1.807, 2.05) is 4.68 Å². The molecule has 0 aromatic carbocycles. The number of rotatable bonds is 5. The summed E-state index contributed by atoms with van der Waals surface area (Å²) in [5.74, 6) is 1.45. The molecule has 1 saturated heterocycles. The molecule has 1 aliphatic rings. The summed E-state index contributed by atoms with van der Waals surface area (Å²) in [4.78, 5) is 2.28. The molecule has 0 amide bonds. The number of aryl methyl sites for hydroxylation is 1. The maximum Gasteiger partial charge on any atom is 0.165 e. The van der Waals surface area contributed by atoms with Crippen LogP contribution in [0.5, 0.6) is 0 Å². The second-order valence-electron chi connectivity index (χ2n) is 4.80. The predicted molar refractivity (Wildman–Crippen MR) is 63.2 cm³/mol. The van der Waals surface area contributed by atoms with Gasteiger partial charge >= 0.3 is 0 Å². The van der Waals surface area contributed by atoms with E-state index in [1.165, 1.54) is 0 Å². The molecule has 2 heterocycles. The fourth-order valence-corrected chi connectivity index (χ4v) is 2.48. The van der Waals surface area contributed by atoms with Crippen molar-refractivity contribution < 1.29 is 5.11 Å². The highest BCUT2D eigenvalue weighted by Crippen LogP contribution is 2.24. The third kappa shape index (κ3) is 2.63. The smallest absolute Gasteiger partial charge is 0.165 e. The van der Waals surface area contributed by atoms with Crippen LogP contribution in [0, 0.1) is 5.92 Å². The number of hydrogen-bond acceptors (Lipinski definition) is 5. The topological polar surface area (TPSA) is 67.1 Å². The first-order valence-corrected chi connectivity index (χ1v) is 6.36. The molecule has 1 aliphatic heterocycles. The molecular weight excluding hydrogens is 218 g/mol. The van der Waals surface area contributed by atoms with E-state index in [4.69, 9.17) is 0 Å². The summed E-state index contributed by atoms with van der Waals surface area (Å²) < 4.78 is 1.86. The minimum Gasteiger partial charge on any atom is -0.395 e. The zero-order valence-corrected chi connectivity index (χ0v) is 10.6. The van der Waals surface area contributed by atoms with Gasteiger partial charge in [0, 0.05) is 12.6 Å². The van der Waals surface area contributed by atoms with E-state index in [9.17, 15) is 5.11 Å². The van der Waals surface area contributed by atoms with Crippen molar-refractivity contribution in [2.45, 2.75) is 45.8 Å². The molecule has 2 rings (SSSR count). The Hall–Kier alpha value is -1.01. The van der Waals surface area contributed by atoms with E-state index in [0.717, 1.165) is 38.3 Å². The van der Waals surface area contributed by atoms with Gasteiger partial charge in [-0.05, 0) is 35.7 Å². The van der Waals surface area contributed by atoms with Gasteiger partial charge in [0.1, 0.15) is 0 Å². The average Bonchev–Trinajstić information content (AvgIpc) is 2.88. The normalized spacial score (nSPS) is 25.6. The van der Waals surface area contributed by atoms with Gasteiger partial charge in [-0.25, -0.2) is 4.68 Å². The van der Waals surface area contributed by atoms with Crippen molar-refractivity contribution in [3.63, 3.8) is 0 Å². The monoisotopic (exact) mass is 239 g/mol. The highest BCUT2D eigenvalue weighted by molar-refractivity contribution is 4.89. The van der Waals surface area contributed by atoms with Crippen molar-refractivity contribution in [3.8, 4) is 0 Å². The molecule has 0 spiro atoms. The van der Waals surface area contributed by atoms with Gasteiger partial charge in [-0.15, -0.1) is 5.10 Å². The molecule has 6 heteroatoms. The average molecular weight is 239 g/mol. The molecule has 1 aromatic rings. The van der Waals surface area contributed by atoms with E-state index >= 15 is 0 Å². The number of likely N-dealkylation sites (tertiary alicyclic amines) is 1. The Balaban J connectivity index is 2.02. The maximum absolute atomic E-state index is 9.41. The zero-order chi connectivity index (χ0) is 12.3. The molecule has 6 nitrogen and oxygen atoms in total. The van der Waals surface area contributed by atoms with Crippen molar-refractivity contribution in [2.75, 3.05) is 13.2 Å². The zero-order valence-electron chi connectivity index (χ0n) is 10.6. The van der Waals surface area contributed by atoms with Crippen LogP contribution in [-0.4, -0.2) is 49.4 Å². The molecule has 2 atom stereocenters. The van der Waals surface area contributed by atoms with Crippen molar-refractivity contribution in [2.24, 2.45) is 5.92 Å². The summed E-state index contributed by atoms with van der Waals surface area (Å²) in [6.07, 6.45) is 2.17. The summed E-state index contributed by atoms with van der Waals surface area (Å²) in [6, 6.07) is 0.252. The van der Waals surface area contributed by atoms with Crippen LogP contribution in [0.2, 0.25) is 0 Å². The Kier molecular flexibility index (Phi) is 4.06. The Morgan fingerprint density at radius 2 is 2.29 bits per heavy atom. The van der Waals surface area contributed by atoms with Gasteiger partial charge in [-0.3, -0.25) is 4.90 Å². The fraction of sp³-hybridized carbons (Fsp3) is 0.909. The van der Waals surface area contributed by atoms with Gasteiger partial charge in [0.2, 0.25) is 0 Å². The molecule has 17 heavy (non-hydrogen) atoms. The largest absolute Gasteiger partial charge is 0.395 e. The van der Waals surface area contributed by atoms with Gasteiger partial charge in [-0.1, -0.05) is 13.8 Å². The van der Waals surface area contributed by atoms with Crippen LogP contribution < -0.4 is 0 Å². The number of aliphatic hydroxyl groups is 1. The molecular formula is C11H21N5O. The Morgan fingerprint density at radius 3 is 3.00 bits per heavy atom. The number of aliphatic hydroxyl groups excluding tert-OH is 1. The summed E-state index contributed by atoms with van der Waals surface area (Å²) in [6.45, 7) is 7.13. The highest BCUT2D eigenvalue weighted by Gasteiger charge is 2.31. The van der Waals surface area contributed by atoms with E-state index in [2.05, 4.69) is 34.3 Å². The number of nitrogens with zero attached hydrogens (tertiary/aromatic N) is 5. The molecule has 96 valence electrons. The Morgan fingerprint density at radius 1 is 1.47 bits per heavy atom. The molecule has 1 aromatic heterocycles. The first-order chi connectivity index (χ1) is 8.26. The molecule has 2 unspecified atom stereocenters. The summed E-state index contributed by atoms with van der Waals surface area (Å²) in [5, 5.41) is 21.2. The van der Waals surface area contributed by atoms with Gasteiger partial charge in [0.25, 0.3) is 0 Å². The van der Waals surface area contributed by atoms with Crippen LogP contribution in [0.1, 0.15) is 32.5 Å². The van der Waals surface area contributed by atoms with Gasteiger partial charge in [0.15, 0.2) is 5.82 Å². The summed E-state index contributed by atoms with van der Waals surface area (Å²) >= 11 is 0. The van der Waals surface area contributed by atoms with E-state index in [-0.39, 0.29) is 12.6 Å². The van der Waals surface area contributed by atoms with E-state index in [0.29, 0.717) is 5.92 Å². The minimum absolute atomic E-state index is 0.219. The lowest BCUT2D eigenvalue weighted by Gasteiger charge is -2.24. The quantitative estimate of drug-likeness (QED) is 0.799. The van der Waals surface area contributed by atoms with Crippen LogP contribution >= 0.6 is 0 Å². The van der Waals surface area contributed by atoms with Crippen molar-refractivity contribution in [3.05, 3.63) is 5.82 Å². The van der Waals surface area contributed by atoms with Crippen LogP contribution in [0.3, 0.4) is 0 Å². The molecule has 0 bridgehead atoms. The second kappa shape index (κ2) is 5.55. The van der Waals surface area contributed by atoms with Crippen molar-refractivity contribution >= 4 is 0 Å². The SMILES string of the molecule is CCCn1nnnc1CN1CCC(C)C1CO. The van der Waals surface area contributed by atoms with Crippen LogP contribution in [0.4, 0.5) is 0 Å². The Bertz CT molecular complexity index is 353. The molecule has 1 fully saturated rings. The minimum atomic E-state index is 0.219. The maximum atomic E-state index is 9.41. The Labute approximate surface area is 102 Å². The van der Waals surface area contributed by atoms with Gasteiger partial charge in [-0.2, -0.15) is 0 Å². The third-order valence-electron chi connectivity index (χ3n) is 3.57. The number of hydrogen-bond donors (Lipinski definition) is 1. The first kappa shape index (κ1) is 12.4. The van der Waals surface area contributed by atoms with Gasteiger partial charge in [0.05, 0.1) is 13.2 Å². The first-order valence-electron chi connectivity index (χ1n) is 6.36. The third-order valence-corrected chi connectivity index (χ3v) is 3.57. The lowest BCUT2D eigenvalue weighted by atomic mass is 10.0. The standard InChI is InChI=1S/C11H21N5O/c1-3-5-16-11(12-13-14-16)7-15-6-4-9(2)10(15)8-17/h9-10,17H,3-8H2,1-2H3. The van der Waals surface area contributed by atoms with E-state index in [1.54, 1.807) is 0 Å². The molecule has 0 aliphatic carbocycles. The fourth-order valence-electron chi connectivity index (χ4n) is 2.48. The second-order valence-corrected chi connectivity index (χ2v) is 4.80. The van der Waals surface area contributed by atoms with Crippen molar-refractivity contribution in [1.29, 1.82) is 0 Å². The highest BCUT2D eigenvalue weighted by atomic mass is 16.3. The van der Waals surface area contributed by atoms with Crippen molar-refractivity contribution in [1.82, 2.24) is 25.1 Å². The van der Waals surface area contributed by atoms with Gasteiger partial charge < -0.3 is 5.11 Å².